The van der Waals surface area contributed by atoms with E-state index >= 15 is 0 Å². The molecule has 3 nitrogen and oxygen atoms in total. The average molecular weight is 299 g/mol. The molecule has 2 aromatic carbocycles. The van der Waals surface area contributed by atoms with E-state index < -0.39 is 0 Å². The van der Waals surface area contributed by atoms with Crippen molar-refractivity contribution < 1.29 is 0 Å². The fourth-order valence-corrected chi connectivity index (χ4v) is 2.76. The van der Waals surface area contributed by atoms with Crippen LogP contribution in [0.25, 0.3) is 22.5 Å². The Morgan fingerprint density at radius 2 is 1.65 bits per heavy atom. The smallest absolute Gasteiger partial charge is 0.0991 e. The van der Waals surface area contributed by atoms with Crippen LogP contribution in [0.5, 0.6) is 0 Å². The van der Waals surface area contributed by atoms with Gasteiger partial charge in [-0.3, -0.25) is 4.98 Å². The number of aromatic nitrogens is 2. The molecule has 3 heteroatoms. The molecule has 1 heterocycles. The monoisotopic (exact) mass is 299 g/mol. The number of rotatable bonds is 2. The molecule has 0 aliphatic carbocycles. The van der Waals surface area contributed by atoms with Gasteiger partial charge < -0.3 is 0 Å². The molecule has 0 atom stereocenters. The number of nitriles is 1. The molecule has 3 aromatic rings. The van der Waals surface area contributed by atoms with Crippen molar-refractivity contribution in [2.75, 3.05) is 0 Å². The molecule has 23 heavy (non-hydrogen) atoms. The van der Waals surface area contributed by atoms with Crippen molar-refractivity contribution in [2.24, 2.45) is 0 Å². The van der Waals surface area contributed by atoms with Crippen LogP contribution in [-0.4, -0.2) is 9.97 Å². The summed E-state index contributed by atoms with van der Waals surface area (Å²) >= 11 is 0. The molecule has 0 bridgehead atoms. The van der Waals surface area contributed by atoms with E-state index in [0.29, 0.717) is 5.56 Å². The molecule has 0 unspecified atom stereocenters. The molecule has 0 N–H and O–H groups in total. The normalized spacial score (nSPS) is 10.3. The molecule has 0 aliphatic rings. The second-order valence-corrected chi connectivity index (χ2v) is 5.76. The zero-order valence-corrected chi connectivity index (χ0v) is 13.5. The number of nitrogens with zero attached hydrogens (tertiary/aromatic N) is 3. The predicted molar refractivity (Wildman–Crippen MR) is 91.8 cm³/mol. The highest BCUT2D eigenvalue weighted by atomic mass is 14.8. The number of benzene rings is 2. The molecule has 0 fully saturated rings. The summed E-state index contributed by atoms with van der Waals surface area (Å²) in [5.74, 6) is 0. The predicted octanol–water partition coefficient (Wildman–Crippen LogP) is 4.61. The lowest BCUT2D eigenvalue weighted by Gasteiger charge is -2.09. The quantitative estimate of drug-likeness (QED) is 0.694. The molecule has 0 aliphatic heterocycles. The lowest BCUT2D eigenvalue weighted by Crippen LogP contribution is -1.96. The maximum Gasteiger partial charge on any atom is 0.0991 e. The minimum Gasteiger partial charge on any atom is -0.252 e. The molecule has 0 radical (unpaired) electrons. The van der Waals surface area contributed by atoms with E-state index in [9.17, 15) is 0 Å². The Balaban J connectivity index is 2.05. The fraction of sp³-hybridized carbons (Fsp3) is 0.150. The summed E-state index contributed by atoms with van der Waals surface area (Å²) in [7, 11) is 0. The minimum atomic E-state index is 0.625. The van der Waals surface area contributed by atoms with Gasteiger partial charge in [-0.15, -0.1) is 0 Å². The van der Waals surface area contributed by atoms with Gasteiger partial charge >= 0.3 is 0 Å². The van der Waals surface area contributed by atoms with Gasteiger partial charge in [0.05, 0.1) is 34.9 Å². The molecule has 0 amide bonds. The summed E-state index contributed by atoms with van der Waals surface area (Å²) in [5, 5.41) is 9.02. The first-order chi connectivity index (χ1) is 11.1. The van der Waals surface area contributed by atoms with Gasteiger partial charge in [0.25, 0.3) is 0 Å². The average Bonchev–Trinajstić information content (AvgIpc) is 2.54. The van der Waals surface area contributed by atoms with E-state index in [1.165, 1.54) is 11.1 Å². The van der Waals surface area contributed by atoms with Gasteiger partial charge in [0.15, 0.2) is 0 Å². The van der Waals surface area contributed by atoms with Gasteiger partial charge in [0, 0.05) is 11.1 Å². The second-order valence-electron chi connectivity index (χ2n) is 5.76. The minimum absolute atomic E-state index is 0.625. The first-order valence-corrected chi connectivity index (χ1v) is 7.49. The highest BCUT2D eigenvalue weighted by Gasteiger charge is 2.09. The van der Waals surface area contributed by atoms with Crippen molar-refractivity contribution in [3.63, 3.8) is 0 Å². The number of hydrogen-bond donors (Lipinski definition) is 0. The summed E-state index contributed by atoms with van der Waals surface area (Å²) in [6.07, 6.45) is 1.77. The van der Waals surface area contributed by atoms with Crippen LogP contribution in [0.4, 0.5) is 0 Å². The molecular formula is C20H17N3. The largest absolute Gasteiger partial charge is 0.252 e. The summed E-state index contributed by atoms with van der Waals surface area (Å²) in [4.78, 5) is 9.30. The SMILES string of the molecule is Cc1cc(C)cc(-c2ncc(-c3cccc(C#N)c3)nc2C)c1. The van der Waals surface area contributed by atoms with E-state index in [0.717, 1.165) is 28.2 Å². The molecule has 0 saturated heterocycles. The fourth-order valence-electron chi connectivity index (χ4n) is 2.76. The Hall–Kier alpha value is -2.99. The highest BCUT2D eigenvalue weighted by molar-refractivity contribution is 5.67. The van der Waals surface area contributed by atoms with Gasteiger partial charge in [-0.25, -0.2) is 4.98 Å². The third-order valence-corrected chi connectivity index (χ3v) is 3.73. The first kappa shape index (κ1) is 14.9. The maximum absolute atomic E-state index is 9.02. The van der Waals surface area contributed by atoms with Crippen LogP contribution >= 0.6 is 0 Å². The standard InChI is InChI=1S/C20H17N3/c1-13-7-14(2)9-18(8-13)20-15(3)23-19(12-22-20)17-6-4-5-16(10-17)11-21/h4-10,12H,1-3H3. The van der Waals surface area contributed by atoms with Crippen LogP contribution in [0.1, 0.15) is 22.4 Å². The summed E-state index contributed by atoms with van der Waals surface area (Å²) in [5.41, 5.74) is 7.62. The molecule has 0 saturated carbocycles. The van der Waals surface area contributed by atoms with Crippen molar-refractivity contribution in [1.82, 2.24) is 9.97 Å². The Kier molecular flexibility index (Phi) is 3.91. The third-order valence-electron chi connectivity index (χ3n) is 3.73. The Bertz CT molecular complexity index is 900. The topological polar surface area (TPSA) is 49.6 Å². The van der Waals surface area contributed by atoms with E-state index in [1.54, 1.807) is 12.3 Å². The van der Waals surface area contributed by atoms with Crippen molar-refractivity contribution in [1.29, 1.82) is 5.26 Å². The lowest BCUT2D eigenvalue weighted by atomic mass is 10.0. The van der Waals surface area contributed by atoms with E-state index in [4.69, 9.17) is 5.26 Å². The van der Waals surface area contributed by atoms with Gasteiger partial charge in [0.2, 0.25) is 0 Å². The molecule has 3 rings (SSSR count). The highest BCUT2D eigenvalue weighted by Crippen LogP contribution is 2.25. The molecule has 1 aromatic heterocycles. The van der Waals surface area contributed by atoms with Crippen LogP contribution in [0.3, 0.4) is 0 Å². The van der Waals surface area contributed by atoms with Crippen molar-refractivity contribution >= 4 is 0 Å². The van der Waals surface area contributed by atoms with Crippen molar-refractivity contribution in [3.05, 3.63) is 71.0 Å². The summed E-state index contributed by atoms with van der Waals surface area (Å²) in [6, 6.07) is 16.0. The van der Waals surface area contributed by atoms with Crippen molar-refractivity contribution in [3.8, 4) is 28.6 Å². The van der Waals surface area contributed by atoms with Crippen LogP contribution in [0.2, 0.25) is 0 Å². The van der Waals surface area contributed by atoms with Gasteiger partial charge in [-0.2, -0.15) is 5.26 Å². The van der Waals surface area contributed by atoms with Crippen LogP contribution in [0.15, 0.2) is 48.7 Å². The maximum atomic E-state index is 9.02. The van der Waals surface area contributed by atoms with E-state index in [1.807, 2.05) is 25.1 Å². The van der Waals surface area contributed by atoms with Gasteiger partial charge in [-0.1, -0.05) is 29.3 Å². The van der Waals surface area contributed by atoms with Gasteiger partial charge in [0.1, 0.15) is 0 Å². The molecular weight excluding hydrogens is 282 g/mol. The second kappa shape index (κ2) is 6.02. The van der Waals surface area contributed by atoms with Crippen LogP contribution in [-0.2, 0) is 0 Å². The lowest BCUT2D eigenvalue weighted by molar-refractivity contribution is 1.13. The molecule has 112 valence electrons. The van der Waals surface area contributed by atoms with Crippen molar-refractivity contribution in [2.45, 2.75) is 20.8 Å². The third kappa shape index (κ3) is 3.12. The zero-order valence-electron chi connectivity index (χ0n) is 13.5. The Morgan fingerprint density at radius 3 is 2.30 bits per heavy atom. The number of hydrogen-bond acceptors (Lipinski definition) is 3. The number of aryl methyl sites for hydroxylation is 3. The first-order valence-electron chi connectivity index (χ1n) is 7.49. The van der Waals surface area contributed by atoms with Crippen LogP contribution in [0, 0.1) is 32.1 Å². The van der Waals surface area contributed by atoms with E-state index in [2.05, 4.69) is 48.1 Å². The van der Waals surface area contributed by atoms with Crippen LogP contribution < -0.4 is 0 Å². The Morgan fingerprint density at radius 1 is 0.913 bits per heavy atom. The van der Waals surface area contributed by atoms with Gasteiger partial charge in [-0.05, 0) is 45.0 Å². The van der Waals surface area contributed by atoms with E-state index in [-0.39, 0.29) is 0 Å². The summed E-state index contributed by atoms with van der Waals surface area (Å²) in [6.45, 7) is 6.14. The Labute approximate surface area is 136 Å². The molecule has 0 spiro atoms. The zero-order chi connectivity index (χ0) is 16.4. The summed E-state index contributed by atoms with van der Waals surface area (Å²) < 4.78 is 0.